The number of para-hydroxylation sites is 1. The van der Waals surface area contributed by atoms with Crippen LogP contribution in [-0.2, 0) is 4.79 Å². The van der Waals surface area contributed by atoms with E-state index < -0.39 is 0 Å². The molecule has 2 N–H and O–H groups in total. The normalized spacial score (nSPS) is 16.2. The van der Waals surface area contributed by atoms with Gasteiger partial charge in [-0.05, 0) is 110 Å². The van der Waals surface area contributed by atoms with Crippen molar-refractivity contribution >= 4 is 50.5 Å². The van der Waals surface area contributed by atoms with Gasteiger partial charge in [0, 0.05) is 39.1 Å². The molecular weight excluding hydrogens is 622 g/mol. The maximum atomic E-state index is 12.5. The monoisotopic (exact) mass is 651 g/mol. The molecule has 5 aromatic rings. The number of nitrogens with one attached hydrogen (secondary N) is 2. The molecule has 0 saturated carbocycles. The lowest BCUT2D eigenvalue weighted by Gasteiger charge is -2.28. The molecule has 2 atom stereocenters. The summed E-state index contributed by atoms with van der Waals surface area (Å²) in [4.78, 5) is 19.4. The van der Waals surface area contributed by atoms with E-state index in [9.17, 15) is 4.79 Å². The number of hydrogen-bond donors (Lipinski definition) is 2. The van der Waals surface area contributed by atoms with Gasteiger partial charge >= 0.3 is 0 Å². The number of anilines is 2. The van der Waals surface area contributed by atoms with Gasteiger partial charge in [0.2, 0.25) is 0 Å². The second-order valence-electron chi connectivity index (χ2n) is 10.3. The third-order valence-electron chi connectivity index (χ3n) is 7.51. The number of nitrogens with zero attached hydrogens (tertiary/aromatic N) is 3. The summed E-state index contributed by atoms with van der Waals surface area (Å²) in [6.45, 7) is 4.20. The van der Waals surface area contributed by atoms with Crippen molar-refractivity contribution in [1.29, 1.82) is 0 Å². The van der Waals surface area contributed by atoms with Crippen LogP contribution in [0.1, 0.15) is 34.7 Å². The number of halogens is 1. The molecular formula is C34H30BrN5O2S. The minimum Gasteiger partial charge on any atom is -0.484 e. The predicted octanol–water partition coefficient (Wildman–Crippen LogP) is 7.45. The summed E-state index contributed by atoms with van der Waals surface area (Å²) in [6, 6.07) is 33.2. The first-order chi connectivity index (χ1) is 20.9. The smallest absolute Gasteiger partial charge is 0.262 e. The lowest BCUT2D eigenvalue weighted by atomic mass is 9.96. The molecule has 1 amide bonds. The highest BCUT2D eigenvalue weighted by Crippen LogP contribution is 2.44. The molecule has 0 bridgehead atoms. The number of benzene rings is 3. The Kier molecular flexibility index (Phi) is 8.26. The topological polar surface area (TPSA) is 71.4 Å². The minimum atomic E-state index is -0.233. The first-order valence-electron chi connectivity index (χ1n) is 13.9. The number of thiocarbonyl (C=S) groups is 1. The number of carbonyl (C=O) groups excluding carboxylic acids is 1. The molecule has 3 heterocycles. The van der Waals surface area contributed by atoms with Crippen molar-refractivity contribution < 1.29 is 9.53 Å². The molecule has 1 fully saturated rings. The van der Waals surface area contributed by atoms with Crippen LogP contribution in [0.4, 0.5) is 11.4 Å². The van der Waals surface area contributed by atoms with Gasteiger partial charge in [-0.2, -0.15) is 0 Å². The Morgan fingerprint density at radius 1 is 0.953 bits per heavy atom. The highest BCUT2D eigenvalue weighted by Gasteiger charge is 2.42. The average molecular weight is 653 g/mol. The third kappa shape index (κ3) is 6.04. The molecule has 0 spiro atoms. The standard InChI is InChI=1S/C34H30BrN5O2S/c1-22-20-29(23(2)39(22)26-15-11-24(35)12-16-26)33-32(30-10-6-7-19-36-30)38-34(43)40(33)27-17-13-25(14-18-27)37-31(41)21-42-28-8-4-3-5-9-28/h3-20,32-33H,21H2,1-2H3,(H,37,41)(H,38,43)/t32-,33-/m0/s1. The van der Waals surface area contributed by atoms with Crippen molar-refractivity contribution in [3.8, 4) is 11.4 Å². The highest BCUT2D eigenvalue weighted by molar-refractivity contribution is 9.10. The van der Waals surface area contributed by atoms with Gasteiger partial charge in [-0.25, -0.2) is 0 Å². The summed E-state index contributed by atoms with van der Waals surface area (Å²) in [6.07, 6.45) is 1.81. The zero-order valence-corrected chi connectivity index (χ0v) is 26.1. The van der Waals surface area contributed by atoms with Gasteiger partial charge in [-0.15, -0.1) is 0 Å². The van der Waals surface area contributed by atoms with Crippen LogP contribution >= 0.6 is 28.1 Å². The summed E-state index contributed by atoms with van der Waals surface area (Å²) in [5, 5.41) is 7.07. The van der Waals surface area contributed by atoms with Crippen LogP contribution in [0.2, 0.25) is 0 Å². The van der Waals surface area contributed by atoms with Gasteiger partial charge in [-0.3, -0.25) is 9.78 Å². The number of hydrogen-bond acceptors (Lipinski definition) is 4. The van der Waals surface area contributed by atoms with E-state index in [1.165, 1.54) is 0 Å². The second kappa shape index (κ2) is 12.4. The SMILES string of the molecule is Cc1cc([C@H]2[C@H](c3ccccn3)NC(=S)N2c2ccc(NC(=O)COc3ccccc3)cc2)c(C)n1-c1ccc(Br)cc1. The van der Waals surface area contributed by atoms with E-state index in [2.05, 4.69) is 80.2 Å². The Bertz CT molecular complexity index is 1740. The first kappa shape index (κ1) is 28.6. The molecule has 1 saturated heterocycles. The van der Waals surface area contributed by atoms with Crippen molar-refractivity contribution in [3.63, 3.8) is 0 Å². The lowest BCUT2D eigenvalue weighted by molar-refractivity contribution is -0.118. The quantitative estimate of drug-likeness (QED) is 0.170. The van der Waals surface area contributed by atoms with E-state index in [-0.39, 0.29) is 24.6 Å². The van der Waals surface area contributed by atoms with Crippen LogP contribution in [0, 0.1) is 13.8 Å². The molecule has 43 heavy (non-hydrogen) atoms. The second-order valence-corrected chi connectivity index (χ2v) is 11.6. The van der Waals surface area contributed by atoms with Crippen LogP contribution in [0.15, 0.2) is 114 Å². The minimum absolute atomic E-state index is 0.0757. The summed E-state index contributed by atoms with van der Waals surface area (Å²) in [7, 11) is 0. The van der Waals surface area contributed by atoms with Crippen LogP contribution < -0.4 is 20.3 Å². The van der Waals surface area contributed by atoms with Gasteiger partial charge in [-0.1, -0.05) is 40.2 Å². The van der Waals surface area contributed by atoms with Gasteiger partial charge in [0.05, 0.1) is 17.8 Å². The van der Waals surface area contributed by atoms with Crippen molar-refractivity contribution in [3.05, 3.63) is 136 Å². The van der Waals surface area contributed by atoms with Gasteiger partial charge < -0.3 is 24.8 Å². The van der Waals surface area contributed by atoms with Crippen LogP contribution in [0.3, 0.4) is 0 Å². The highest BCUT2D eigenvalue weighted by atomic mass is 79.9. The number of carbonyl (C=O) groups is 1. The van der Waals surface area contributed by atoms with Crippen LogP contribution in [-0.4, -0.2) is 27.2 Å². The average Bonchev–Trinajstić information content (AvgIpc) is 3.52. The van der Waals surface area contributed by atoms with Crippen molar-refractivity contribution in [2.75, 3.05) is 16.8 Å². The lowest BCUT2D eigenvalue weighted by Crippen LogP contribution is -2.29. The molecule has 9 heteroatoms. The number of aromatic nitrogens is 2. The van der Waals surface area contributed by atoms with E-state index in [1.54, 1.807) is 0 Å². The maximum Gasteiger partial charge on any atom is 0.262 e. The fraction of sp³-hybridized carbons (Fsp3) is 0.147. The molecule has 0 radical (unpaired) electrons. The largest absolute Gasteiger partial charge is 0.484 e. The third-order valence-corrected chi connectivity index (χ3v) is 8.36. The molecule has 6 rings (SSSR count). The van der Waals surface area contributed by atoms with Crippen molar-refractivity contribution in [2.45, 2.75) is 25.9 Å². The Morgan fingerprint density at radius 3 is 2.35 bits per heavy atom. The fourth-order valence-corrected chi connectivity index (χ4v) is 6.20. The van der Waals surface area contributed by atoms with Gasteiger partial charge in [0.1, 0.15) is 5.75 Å². The van der Waals surface area contributed by atoms with Gasteiger partial charge in [0.25, 0.3) is 5.91 Å². The van der Waals surface area contributed by atoms with Crippen molar-refractivity contribution in [2.24, 2.45) is 0 Å². The van der Waals surface area contributed by atoms with E-state index in [1.807, 2.05) is 79.0 Å². The molecule has 2 aromatic heterocycles. The zero-order chi connectivity index (χ0) is 29.9. The summed E-state index contributed by atoms with van der Waals surface area (Å²) >= 11 is 9.49. The Balaban J connectivity index is 1.30. The van der Waals surface area contributed by atoms with Gasteiger partial charge in [0.15, 0.2) is 11.7 Å². The van der Waals surface area contributed by atoms with Crippen LogP contribution in [0.25, 0.3) is 5.69 Å². The summed E-state index contributed by atoms with van der Waals surface area (Å²) in [5.74, 6) is 0.416. The van der Waals surface area contributed by atoms with E-state index in [0.29, 0.717) is 16.5 Å². The van der Waals surface area contributed by atoms with Crippen molar-refractivity contribution in [1.82, 2.24) is 14.9 Å². The van der Waals surface area contributed by atoms with Crippen LogP contribution in [0.5, 0.6) is 5.75 Å². The number of pyridine rings is 1. The molecule has 1 aliphatic rings. The van der Waals surface area contributed by atoms with E-state index >= 15 is 0 Å². The molecule has 1 aliphatic heterocycles. The zero-order valence-electron chi connectivity index (χ0n) is 23.7. The Labute approximate surface area is 264 Å². The number of aryl methyl sites for hydroxylation is 1. The number of amides is 1. The Morgan fingerprint density at radius 2 is 1.65 bits per heavy atom. The van der Waals surface area contributed by atoms with E-state index in [4.69, 9.17) is 21.9 Å². The molecule has 3 aromatic carbocycles. The number of ether oxygens (including phenoxy) is 1. The molecule has 0 unspecified atom stereocenters. The van der Waals surface area contributed by atoms with E-state index in [0.717, 1.165) is 38.5 Å². The fourth-order valence-electron chi connectivity index (χ4n) is 5.59. The Hall–Kier alpha value is -4.47. The summed E-state index contributed by atoms with van der Waals surface area (Å²) in [5.41, 5.74) is 7.00. The number of rotatable bonds is 8. The maximum absolute atomic E-state index is 12.5. The molecule has 0 aliphatic carbocycles. The molecule has 216 valence electrons. The first-order valence-corrected chi connectivity index (χ1v) is 15.1. The predicted molar refractivity (Wildman–Crippen MR) is 178 cm³/mol. The molecule has 7 nitrogen and oxygen atoms in total. The summed E-state index contributed by atoms with van der Waals surface area (Å²) < 4.78 is 8.89.